The third kappa shape index (κ3) is 7.98. The Morgan fingerprint density at radius 1 is 0.911 bits per heavy atom. The smallest absolute Gasteiger partial charge is 0.384 e. The molecule has 2 aromatic carbocycles. The quantitative estimate of drug-likeness (QED) is 0.438. The molecule has 1 unspecified atom stereocenters. The number of benzene rings is 2. The summed E-state index contributed by atoms with van der Waals surface area (Å²) < 4.78 is 80.5. The van der Waals surface area contributed by atoms with Crippen molar-refractivity contribution in [2.45, 2.75) is 64.0 Å². The number of aliphatic hydroxyl groups excluding tert-OH is 1. The Morgan fingerprint density at radius 2 is 1.47 bits per heavy atom. The first-order valence-electron chi connectivity index (χ1n) is 14.8. The molecule has 2 aliphatic heterocycles. The molecular weight excluding hydrogens is 604 g/mol. The Morgan fingerprint density at radius 3 is 2.00 bits per heavy atom. The normalized spacial score (nSPS) is 20.6. The van der Waals surface area contributed by atoms with Crippen molar-refractivity contribution in [1.29, 1.82) is 0 Å². The molecule has 13 heteroatoms. The highest BCUT2D eigenvalue weighted by Gasteiger charge is 2.41. The zero-order valence-corrected chi connectivity index (χ0v) is 25.3. The average molecular weight is 642 g/mol. The first-order valence-corrected chi connectivity index (χ1v) is 14.8. The molecule has 0 spiro atoms. The molecule has 246 valence electrons. The number of hydrogen-bond acceptors (Lipinski definition) is 4. The second-order valence-electron chi connectivity index (χ2n) is 12.0. The molecule has 45 heavy (non-hydrogen) atoms. The molecule has 4 rings (SSSR count). The Labute approximate surface area is 257 Å². The molecule has 2 fully saturated rings. The fraction of sp³-hybridized carbons (Fsp3) is 0.531. The summed E-state index contributed by atoms with van der Waals surface area (Å²) in [5.74, 6) is -2.38. The summed E-state index contributed by atoms with van der Waals surface area (Å²) in [6, 6.07) is 8.68. The van der Waals surface area contributed by atoms with Crippen molar-refractivity contribution in [2.75, 3.05) is 33.2 Å². The number of aryl methyl sites for hydroxylation is 1. The maximum absolute atomic E-state index is 13.8. The van der Waals surface area contributed by atoms with Crippen molar-refractivity contribution in [3.8, 4) is 0 Å². The highest BCUT2D eigenvalue weighted by molar-refractivity contribution is 5.83. The van der Waals surface area contributed by atoms with Gasteiger partial charge < -0.3 is 19.8 Å². The summed E-state index contributed by atoms with van der Waals surface area (Å²) in [5, 5.41) is 9.60. The van der Waals surface area contributed by atoms with Crippen LogP contribution >= 0.6 is 0 Å². The van der Waals surface area contributed by atoms with Crippen LogP contribution in [0.5, 0.6) is 0 Å². The third-order valence-corrected chi connectivity index (χ3v) is 8.79. The third-order valence-electron chi connectivity index (χ3n) is 8.79. The lowest BCUT2D eigenvalue weighted by atomic mass is 9.77. The van der Waals surface area contributed by atoms with Gasteiger partial charge in [0.1, 0.15) is 6.10 Å². The number of carbonyl (C=O) groups excluding carboxylic acids is 3. The number of hydrogen-bond donors (Lipinski definition) is 1. The van der Waals surface area contributed by atoms with Crippen molar-refractivity contribution in [3.05, 3.63) is 70.3 Å². The standard InChI is InChI=1S/C32H37F6N3O4/c1-19-6-4-5-7-25(19)27-18-41(29(44)22-8-11-40(12-9-22)28(43)20(2)42)13-10-26(27)30(45)39(3)17-21-14-23(31(33,34)35)16-24(15-21)32(36,37)38/h4-7,14-16,20,22,26-27,42H,8-13,17-18H2,1-3H3/t20-,26+,27?/m1/s1. The zero-order valence-electron chi connectivity index (χ0n) is 25.3. The maximum Gasteiger partial charge on any atom is 0.416 e. The zero-order chi connectivity index (χ0) is 33.3. The Hall–Kier alpha value is -3.61. The summed E-state index contributed by atoms with van der Waals surface area (Å²) in [5.41, 5.74) is -1.47. The van der Waals surface area contributed by atoms with E-state index in [1.807, 2.05) is 31.2 Å². The molecule has 0 aliphatic carbocycles. The van der Waals surface area contributed by atoms with Crippen LogP contribution in [0.4, 0.5) is 26.3 Å². The van der Waals surface area contributed by atoms with Gasteiger partial charge >= 0.3 is 12.4 Å². The molecular formula is C32H37F6N3O4. The van der Waals surface area contributed by atoms with Gasteiger partial charge in [-0.25, -0.2) is 0 Å². The van der Waals surface area contributed by atoms with Gasteiger partial charge in [0.15, 0.2) is 0 Å². The lowest BCUT2D eigenvalue weighted by Gasteiger charge is -2.42. The monoisotopic (exact) mass is 641 g/mol. The number of rotatable bonds is 6. The van der Waals surface area contributed by atoms with Crippen LogP contribution in [0.25, 0.3) is 0 Å². The van der Waals surface area contributed by atoms with Gasteiger partial charge in [-0.3, -0.25) is 14.4 Å². The van der Waals surface area contributed by atoms with Gasteiger partial charge in [-0.15, -0.1) is 0 Å². The molecule has 2 saturated heterocycles. The van der Waals surface area contributed by atoms with Crippen LogP contribution in [0.3, 0.4) is 0 Å². The van der Waals surface area contributed by atoms with Crippen LogP contribution in [0, 0.1) is 18.8 Å². The van der Waals surface area contributed by atoms with E-state index in [-0.39, 0.29) is 48.9 Å². The van der Waals surface area contributed by atoms with Gasteiger partial charge in [-0.2, -0.15) is 26.3 Å². The minimum absolute atomic E-state index is 0.0567. The molecule has 2 aliphatic rings. The lowest BCUT2D eigenvalue weighted by molar-refractivity contribution is -0.147. The van der Waals surface area contributed by atoms with Crippen LogP contribution in [0.1, 0.15) is 59.9 Å². The molecule has 0 bridgehead atoms. The lowest BCUT2D eigenvalue weighted by Crippen LogP contribution is -2.51. The summed E-state index contributed by atoms with van der Waals surface area (Å²) in [6.07, 6.45) is -10.0. The van der Waals surface area contributed by atoms with Gasteiger partial charge in [0.25, 0.3) is 5.91 Å². The number of nitrogens with zero attached hydrogens (tertiary/aromatic N) is 3. The predicted molar refractivity (Wildman–Crippen MR) is 153 cm³/mol. The van der Waals surface area contributed by atoms with Gasteiger partial charge in [0, 0.05) is 57.5 Å². The summed E-state index contributed by atoms with van der Waals surface area (Å²) in [6.45, 7) is 3.95. The van der Waals surface area contributed by atoms with Gasteiger partial charge in [-0.05, 0) is 68.0 Å². The molecule has 0 radical (unpaired) electrons. The van der Waals surface area contributed by atoms with E-state index in [1.165, 1.54) is 18.9 Å². The molecule has 0 aromatic heterocycles. The fourth-order valence-corrected chi connectivity index (χ4v) is 6.38. The maximum atomic E-state index is 13.8. The average Bonchev–Trinajstić information content (AvgIpc) is 2.99. The molecule has 7 nitrogen and oxygen atoms in total. The van der Waals surface area contributed by atoms with Crippen LogP contribution in [0.2, 0.25) is 0 Å². The Balaban J connectivity index is 1.53. The predicted octanol–water partition coefficient (Wildman–Crippen LogP) is 5.24. The first kappa shape index (κ1) is 34.3. The van der Waals surface area contributed by atoms with Gasteiger partial charge in [0.2, 0.25) is 11.8 Å². The van der Waals surface area contributed by atoms with Crippen molar-refractivity contribution in [2.24, 2.45) is 11.8 Å². The minimum atomic E-state index is -5.00. The van der Waals surface area contributed by atoms with Crippen LogP contribution in [-0.4, -0.2) is 76.9 Å². The number of carbonyl (C=O) groups is 3. The Kier molecular flexibility index (Phi) is 10.2. The van der Waals surface area contributed by atoms with E-state index in [9.17, 15) is 45.8 Å². The van der Waals surface area contributed by atoms with Crippen molar-refractivity contribution >= 4 is 17.7 Å². The van der Waals surface area contributed by atoms with Crippen molar-refractivity contribution in [1.82, 2.24) is 14.7 Å². The summed E-state index contributed by atoms with van der Waals surface area (Å²) >= 11 is 0. The van der Waals surface area contributed by atoms with Crippen LogP contribution in [0.15, 0.2) is 42.5 Å². The van der Waals surface area contributed by atoms with Crippen LogP contribution in [-0.2, 0) is 33.3 Å². The largest absolute Gasteiger partial charge is 0.416 e. The minimum Gasteiger partial charge on any atom is -0.384 e. The molecule has 1 N–H and O–H groups in total. The summed E-state index contributed by atoms with van der Waals surface area (Å²) in [7, 11) is 1.35. The highest BCUT2D eigenvalue weighted by Crippen LogP contribution is 2.39. The van der Waals surface area contributed by atoms with Gasteiger partial charge in [-0.1, -0.05) is 24.3 Å². The number of piperidine rings is 2. The Bertz CT molecular complexity index is 1370. The van der Waals surface area contributed by atoms with Gasteiger partial charge in [0.05, 0.1) is 11.1 Å². The summed E-state index contributed by atoms with van der Waals surface area (Å²) in [4.78, 5) is 43.9. The number of likely N-dealkylation sites (tertiary alicyclic amines) is 2. The van der Waals surface area contributed by atoms with E-state index in [0.29, 0.717) is 38.1 Å². The van der Waals surface area contributed by atoms with Crippen molar-refractivity contribution < 1.29 is 45.8 Å². The molecule has 2 aromatic rings. The van der Waals surface area contributed by atoms with Crippen molar-refractivity contribution in [3.63, 3.8) is 0 Å². The number of aliphatic hydroxyl groups is 1. The first-order chi connectivity index (χ1) is 21.0. The fourth-order valence-electron chi connectivity index (χ4n) is 6.38. The van der Waals surface area contributed by atoms with Crippen LogP contribution < -0.4 is 0 Å². The molecule has 3 amide bonds. The van der Waals surface area contributed by atoms with E-state index in [4.69, 9.17) is 0 Å². The number of amides is 3. The molecule has 2 heterocycles. The van der Waals surface area contributed by atoms with E-state index in [1.54, 1.807) is 4.90 Å². The number of alkyl halides is 6. The molecule has 0 saturated carbocycles. The number of halogens is 6. The SMILES string of the molecule is Cc1ccccc1C1CN(C(=O)C2CCN(C(=O)[C@@H](C)O)CC2)CC[C@@H]1C(=O)N(C)Cc1cc(C(F)(F)F)cc(C(F)(F)F)c1. The molecule has 3 atom stereocenters. The highest BCUT2D eigenvalue weighted by atomic mass is 19.4. The topological polar surface area (TPSA) is 81.2 Å². The van der Waals surface area contributed by atoms with E-state index in [2.05, 4.69) is 0 Å². The van der Waals surface area contributed by atoms with E-state index >= 15 is 0 Å². The van der Waals surface area contributed by atoms with E-state index < -0.39 is 53.9 Å². The second kappa shape index (κ2) is 13.4. The van der Waals surface area contributed by atoms with E-state index in [0.717, 1.165) is 16.0 Å². The second-order valence-corrected chi connectivity index (χ2v) is 12.0.